The predicted molar refractivity (Wildman–Crippen MR) is 79.1 cm³/mol. The van der Waals surface area contributed by atoms with Crippen LogP contribution in [0.3, 0.4) is 0 Å². The summed E-state index contributed by atoms with van der Waals surface area (Å²) < 4.78 is 27.9. The molecule has 0 saturated carbocycles. The predicted octanol–water partition coefficient (Wildman–Crippen LogP) is 3.08. The fourth-order valence-electron chi connectivity index (χ4n) is 3.42. The highest BCUT2D eigenvalue weighted by molar-refractivity contribution is 9.10. The van der Waals surface area contributed by atoms with E-state index in [2.05, 4.69) is 26.1 Å². The Morgan fingerprint density at radius 3 is 2.62 bits per heavy atom. The highest BCUT2D eigenvalue weighted by atomic mass is 79.9. The van der Waals surface area contributed by atoms with Crippen LogP contribution in [0.15, 0.2) is 16.6 Å². The Labute approximate surface area is 130 Å². The maximum absolute atomic E-state index is 13.8. The molecule has 0 aliphatic carbocycles. The van der Waals surface area contributed by atoms with Crippen LogP contribution in [-0.4, -0.2) is 36.0 Å². The van der Waals surface area contributed by atoms with E-state index in [1.54, 1.807) is 0 Å². The summed E-state index contributed by atoms with van der Waals surface area (Å²) in [6.07, 6.45) is 4.22. The summed E-state index contributed by atoms with van der Waals surface area (Å²) in [6, 6.07) is 2.52. The van der Waals surface area contributed by atoms with Gasteiger partial charge < -0.3 is 5.32 Å². The number of hydrogen-bond donors (Lipinski definition) is 1. The van der Waals surface area contributed by atoms with Gasteiger partial charge in [0.05, 0.1) is 0 Å². The number of nitrogens with zero attached hydrogens (tertiary/aromatic N) is 1. The molecule has 0 aromatic heterocycles. The number of piperidine rings is 1. The highest BCUT2D eigenvalue weighted by Gasteiger charge is 2.36. The lowest BCUT2D eigenvalue weighted by Crippen LogP contribution is -2.47. The van der Waals surface area contributed by atoms with Crippen LogP contribution in [0.25, 0.3) is 0 Å². The zero-order valence-electron chi connectivity index (χ0n) is 11.5. The van der Waals surface area contributed by atoms with Crippen molar-refractivity contribution < 1.29 is 13.6 Å². The number of carbonyl (C=O) groups is 1. The van der Waals surface area contributed by atoms with E-state index >= 15 is 0 Å². The Balaban J connectivity index is 1.75. The van der Waals surface area contributed by atoms with Crippen molar-refractivity contribution in [2.75, 3.05) is 13.1 Å². The van der Waals surface area contributed by atoms with Crippen LogP contribution in [0.4, 0.5) is 8.78 Å². The maximum atomic E-state index is 13.8. The molecular weight excluding hydrogens is 342 g/mol. The van der Waals surface area contributed by atoms with E-state index in [0.29, 0.717) is 6.04 Å². The lowest BCUT2D eigenvalue weighted by Gasteiger charge is -2.32. The molecule has 0 bridgehead atoms. The first-order valence-corrected chi connectivity index (χ1v) is 8.05. The molecule has 1 N–H and O–H groups in total. The van der Waals surface area contributed by atoms with Crippen molar-refractivity contribution in [3.63, 3.8) is 0 Å². The van der Waals surface area contributed by atoms with Gasteiger partial charge in [0.25, 0.3) is 5.91 Å². The Morgan fingerprint density at radius 1 is 1.19 bits per heavy atom. The molecule has 2 unspecified atom stereocenters. The monoisotopic (exact) mass is 358 g/mol. The molecule has 2 heterocycles. The van der Waals surface area contributed by atoms with Gasteiger partial charge in [-0.3, -0.25) is 9.69 Å². The van der Waals surface area contributed by atoms with Gasteiger partial charge in [0, 0.05) is 23.1 Å². The molecule has 1 aromatic carbocycles. The van der Waals surface area contributed by atoms with Crippen LogP contribution in [0, 0.1) is 11.6 Å². The summed E-state index contributed by atoms with van der Waals surface area (Å²) in [6.45, 7) is 2.00. The van der Waals surface area contributed by atoms with Crippen LogP contribution >= 0.6 is 15.9 Å². The van der Waals surface area contributed by atoms with Gasteiger partial charge in [-0.25, -0.2) is 8.78 Å². The molecule has 2 aliphatic heterocycles. The van der Waals surface area contributed by atoms with Gasteiger partial charge in [-0.1, -0.05) is 22.4 Å². The van der Waals surface area contributed by atoms with Crippen molar-refractivity contribution in [3.05, 3.63) is 33.8 Å². The van der Waals surface area contributed by atoms with E-state index < -0.39 is 23.1 Å². The number of halogens is 3. The number of amides is 1. The smallest absolute Gasteiger partial charge is 0.257 e. The van der Waals surface area contributed by atoms with E-state index in [-0.39, 0.29) is 10.5 Å². The normalized spacial score (nSPS) is 25.7. The number of nitrogens with one attached hydrogen (secondary N) is 1. The van der Waals surface area contributed by atoms with E-state index in [9.17, 15) is 13.6 Å². The van der Waals surface area contributed by atoms with Crippen molar-refractivity contribution in [2.24, 2.45) is 0 Å². The molecule has 21 heavy (non-hydrogen) atoms. The fraction of sp³-hybridized carbons (Fsp3) is 0.533. The Morgan fingerprint density at radius 2 is 1.90 bits per heavy atom. The first kappa shape index (κ1) is 14.9. The minimum atomic E-state index is -0.835. The van der Waals surface area contributed by atoms with Gasteiger partial charge in [0.1, 0.15) is 17.2 Å². The Bertz CT molecular complexity index is 544. The summed E-state index contributed by atoms with van der Waals surface area (Å²) in [5, 5.41) is 2.82. The molecule has 0 radical (unpaired) electrons. The van der Waals surface area contributed by atoms with Crippen molar-refractivity contribution in [1.82, 2.24) is 10.2 Å². The van der Waals surface area contributed by atoms with Crippen LogP contribution < -0.4 is 5.32 Å². The Hall–Kier alpha value is -1.01. The minimum absolute atomic E-state index is 0.0137. The van der Waals surface area contributed by atoms with E-state index in [1.165, 1.54) is 6.42 Å². The molecule has 2 aliphatic rings. The lowest BCUT2D eigenvalue weighted by molar-refractivity contribution is 0.0907. The van der Waals surface area contributed by atoms with Gasteiger partial charge in [0.2, 0.25) is 0 Å². The summed E-state index contributed by atoms with van der Waals surface area (Å²) in [5.41, 5.74) is -0.493. The second-order valence-electron chi connectivity index (χ2n) is 5.71. The van der Waals surface area contributed by atoms with E-state index in [4.69, 9.17) is 0 Å². The van der Waals surface area contributed by atoms with Crippen LogP contribution in [0.2, 0.25) is 0 Å². The molecule has 1 amide bonds. The van der Waals surface area contributed by atoms with Crippen molar-refractivity contribution in [1.29, 1.82) is 0 Å². The maximum Gasteiger partial charge on any atom is 0.257 e. The van der Waals surface area contributed by atoms with E-state index in [0.717, 1.165) is 44.5 Å². The standard InChI is InChI=1S/C15H17BrF2N2O/c16-9-7-10(17)14(11(18)8-9)15(21)19-12-4-6-20-5-2-1-3-13(12)20/h7-8,12-13H,1-6H2,(H,19,21). The first-order valence-electron chi connectivity index (χ1n) is 7.25. The van der Waals surface area contributed by atoms with Gasteiger partial charge in [-0.15, -0.1) is 0 Å². The SMILES string of the molecule is O=C(NC1CCN2CCCCC12)c1c(F)cc(Br)cc1F. The average molecular weight is 359 g/mol. The third-order valence-corrected chi connectivity index (χ3v) is 4.86. The second-order valence-corrected chi connectivity index (χ2v) is 6.63. The topological polar surface area (TPSA) is 32.3 Å². The molecule has 0 spiro atoms. The molecular formula is C15H17BrF2N2O. The zero-order valence-corrected chi connectivity index (χ0v) is 13.1. The number of benzene rings is 1. The summed E-state index contributed by atoms with van der Waals surface area (Å²) in [5.74, 6) is -2.33. The number of fused-ring (bicyclic) bond motifs is 1. The molecule has 2 saturated heterocycles. The first-order chi connectivity index (χ1) is 10.1. The molecule has 6 heteroatoms. The van der Waals surface area contributed by atoms with Crippen LogP contribution in [0.1, 0.15) is 36.0 Å². The summed E-state index contributed by atoms with van der Waals surface area (Å²) in [7, 11) is 0. The van der Waals surface area contributed by atoms with Crippen LogP contribution in [0.5, 0.6) is 0 Å². The fourth-order valence-corrected chi connectivity index (χ4v) is 3.82. The highest BCUT2D eigenvalue weighted by Crippen LogP contribution is 2.28. The van der Waals surface area contributed by atoms with Crippen molar-refractivity contribution >= 4 is 21.8 Å². The Kier molecular flexibility index (Phi) is 4.26. The van der Waals surface area contributed by atoms with Gasteiger partial charge in [-0.2, -0.15) is 0 Å². The molecule has 114 valence electrons. The quantitative estimate of drug-likeness (QED) is 0.880. The number of carbonyl (C=O) groups excluding carboxylic acids is 1. The van der Waals surface area contributed by atoms with Crippen molar-refractivity contribution in [2.45, 2.75) is 37.8 Å². The van der Waals surface area contributed by atoms with Crippen molar-refractivity contribution in [3.8, 4) is 0 Å². The van der Waals surface area contributed by atoms with Gasteiger partial charge in [0.15, 0.2) is 0 Å². The zero-order chi connectivity index (χ0) is 15.0. The largest absolute Gasteiger partial charge is 0.347 e. The molecule has 3 rings (SSSR count). The molecule has 2 fully saturated rings. The third-order valence-electron chi connectivity index (χ3n) is 4.41. The van der Waals surface area contributed by atoms with Gasteiger partial charge >= 0.3 is 0 Å². The minimum Gasteiger partial charge on any atom is -0.347 e. The third kappa shape index (κ3) is 2.97. The molecule has 1 aromatic rings. The number of hydrogen-bond acceptors (Lipinski definition) is 2. The van der Waals surface area contributed by atoms with E-state index in [1.807, 2.05) is 0 Å². The summed E-state index contributed by atoms with van der Waals surface area (Å²) in [4.78, 5) is 14.6. The number of rotatable bonds is 2. The average Bonchev–Trinajstić information content (AvgIpc) is 2.81. The molecule has 2 atom stereocenters. The molecule has 3 nitrogen and oxygen atoms in total. The van der Waals surface area contributed by atoms with Crippen LogP contribution in [-0.2, 0) is 0 Å². The summed E-state index contributed by atoms with van der Waals surface area (Å²) >= 11 is 3.01. The second kappa shape index (κ2) is 6.01. The lowest BCUT2D eigenvalue weighted by atomic mass is 9.98. The van der Waals surface area contributed by atoms with Gasteiger partial charge in [-0.05, 0) is 37.9 Å².